The molecule has 0 spiro atoms. The van der Waals surface area contributed by atoms with Crippen LogP contribution in [0.2, 0.25) is 0 Å². The second-order valence-electron chi connectivity index (χ2n) is 3.29. The number of benzene rings is 1. The molecule has 2 N–H and O–H groups in total. The molecule has 1 aromatic carbocycles. The van der Waals surface area contributed by atoms with Gasteiger partial charge in [0.1, 0.15) is 5.82 Å². The number of nitrogens with zero attached hydrogens (tertiary/aromatic N) is 1. The van der Waals surface area contributed by atoms with Gasteiger partial charge in [-0.05, 0) is 24.6 Å². The Balaban J connectivity index is 2.95. The van der Waals surface area contributed by atoms with Gasteiger partial charge in [-0.2, -0.15) is 12.7 Å². The van der Waals surface area contributed by atoms with Crippen LogP contribution in [0.4, 0.5) is 4.39 Å². The molecule has 0 aliphatic rings. The Bertz CT molecular complexity index is 430. The zero-order valence-corrected chi connectivity index (χ0v) is 9.33. The normalized spacial score (nSPS) is 14.2. The molecule has 0 heterocycles. The molecule has 0 radical (unpaired) electrons. The third-order valence-corrected chi connectivity index (χ3v) is 3.42. The Kier molecular flexibility index (Phi) is 3.43. The van der Waals surface area contributed by atoms with Crippen LogP contribution < -0.4 is 5.14 Å². The molecule has 84 valence electrons. The number of rotatable bonds is 3. The van der Waals surface area contributed by atoms with Crippen LogP contribution in [0.1, 0.15) is 18.5 Å². The molecule has 0 aromatic heterocycles. The van der Waals surface area contributed by atoms with Crippen LogP contribution in [0, 0.1) is 5.82 Å². The maximum atomic E-state index is 12.6. The average molecular weight is 232 g/mol. The van der Waals surface area contributed by atoms with Gasteiger partial charge in [-0.25, -0.2) is 9.53 Å². The molecule has 0 saturated heterocycles. The molecule has 1 atom stereocenters. The summed E-state index contributed by atoms with van der Waals surface area (Å²) in [5, 5.41) is 4.97. The minimum absolute atomic E-state index is 0.357. The van der Waals surface area contributed by atoms with Crippen molar-refractivity contribution in [2.24, 2.45) is 5.14 Å². The van der Waals surface area contributed by atoms with Crippen LogP contribution in [0.15, 0.2) is 24.3 Å². The molecule has 6 heteroatoms. The highest BCUT2D eigenvalue weighted by molar-refractivity contribution is 7.86. The molecule has 0 saturated carbocycles. The van der Waals surface area contributed by atoms with E-state index >= 15 is 0 Å². The molecule has 4 nitrogen and oxygen atoms in total. The van der Waals surface area contributed by atoms with Crippen molar-refractivity contribution < 1.29 is 12.8 Å². The lowest BCUT2D eigenvalue weighted by Crippen LogP contribution is -2.35. The van der Waals surface area contributed by atoms with Gasteiger partial charge in [-0.3, -0.25) is 0 Å². The first-order chi connectivity index (χ1) is 6.82. The van der Waals surface area contributed by atoms with Crippen molar-refractivity contribution in [1.82, 2.24) is 4.31 Å². The van der Waals surface area contributed by atoms with Crippen LogP contribution in [0.3, 0.4) is 0 Å². The average Bonchev–Trinajstić information content (AvgIpc) is 2.15. The van der Waals surface area contributed by atoms with E-state index in [1.165, 1.54) is 31.3 Å². The SMILES string of the molecule is CC(c1ccc(F)cc1)N(C)S(N)(=O)=O. The second kappa shape index (κ2) is 4.26. The third kappa shape index (κ3) is 2.98. The minimum Gasteiger partial charge on any atom is -0.216 e. The monoisotopic (exact) mass is 232 g/mol. The van der Waals surface area contributed by atoms with Crippen LogP contribution >= 0.6 is 0 Å². The van der Waals surface area contributed by atoms with Crippen LogP contribution in [-0.2, 0) is 10.2 Å². The largest absolute Gasteiger partial charge is 0.277 e. The topological polar surface area (TPSA) is 63.4 Å². The summed E-state index contributed by atoms with van der Waals surface area (Å²) < 4.78 is 35.7. The summed E-state index contributed by atoms with van der Waals surface area (Å²) in [6.45, 7) is 1.68. The van der Waals surface area contributed by atoms with E-state index in [0.717, 1.165) is 4.31 Å². The lowest BCUT2D eigenvalue weighted by Gasteiger charge is -2.22. The van der Waals surface area contributed by atoms with Gasteiger partial charge in [0.2, 0.25) is 0 Å². The summed E-state index contributed by atoms with van der Waals surface area (Å²) in [5.41, 5.74) is 0.688. The Labute approximate surface area is 88.7 Å². The molecule has 0 amide bonds. The lowest BCUT2D eigenvalue weighted by atomic mass is 10.1. The number of nitrogens with two attached hydrogens (primary N) is 1. The number of hydrogen-bond donors (Lipinski definition) is 1. The second-order valence-corrected chi connectivity index (χ2v) is 4.89. The van der Waals surface area contributed by atoms with Crippen LogP contribution in [0.5, 0.6) is 0 Å². The fraction of sp³-hybridized carbons (Fsp3) is 0.333. The van der Waals surface area contributed by atoms with Crippen LogP contribution in [-0.4, -0.2) is 19.8 Å². The minimum atomic E-state index is -3.72. The zero-order chi connectivity index (χ0) is 11.6. The molecule has 0 aliphatic carbocycles. The molecular formula is C9H13FN2O2S. The van der Waals surface area contributed by atoms with Crippen molar-refractivity contribution in [3.63, 3.8) is 0 Å². The number of hydrogen-bond acceptors (Lipinski definition) is 2. The van der Waals surface area contributed by atoms with Crippen molar-refractivity contribution in [3.05, 3.63) is 35.6 Å². The van der Waals surface area contributed by atoms with E-state index in [2.05, 4.69) is 0 Å². The first-order valence-corrected chi connectivity index (χ1v) is 5.84. The first kappa shape index (κ1) is 12.1. The molecule has 0 fully saturated rings. The zero-order valence-electron chi connectivity index (χ0n) is 8.51. The van der Waals surface area contributed by atoms with Gasteiger partial charge in [-0.1, -0.05) is 12.1 Å². The molecule has 1 aromatic rings. The van der Waals surface area contributed by atoms with Gasteiger partial charge in [0, 0.05) is 13.1 Å². The smallest absolute Gasteiger partial charge is 0.216 e. The molecule has 15 heavy (non-hydrogen) atoms. The summed E-state index contributed by atoms with van der Waals surface area (Å²) in [6, 6.07) is 5.20. The lowest BCUT2D eigenvalue weighted by molar-refractivity contribution is 0.399. The first-order valence-electron chi connectivity index (χ1n) is 4.33. The van der Waals surface area contributed by atoms with Crippen LogP contribution in [0.25, 0.3) is 0 Å². The van der Waals surface area contributed by atoms with Gasteiger partial charge < -0.3 is 0 Å². The Hall–Kier alpha value is -0.980. The van der Waals surface area contributed by atoms with E-state index in [1.807, 2.05) is 0 Å². The van der Waals surface area contributed by atoms with Gasteiger partial charge in [0.05, 0.1) is 0 Å². The highest BCUT2D eigenvalue weighted by Gasteiger charge is 2.20. The Morgan fingerprint density at radius 3 is 2.20 bits per heavy atom. The van der Waals surface area contributed by atoms with E-state index in [4.69, 9.17) is 5.14 Å². The van der Waals surface area contributed by atoms with Crippen molar-refractivity contribution in [3.8, 4) is 0 Å². The van der Waals surface area contributed by atoms with Gasteiger partial charge in [0.25, 0.3) is 10.2 Å². The Morgan fingerprint density at radius 1 is 1.33 bits per heavy atom. The highest BCUT2D eigenvalue weighted by atomic mass is 32.2. The summed E-state index contributed by atoms with van der Waals surface area (Å²) in [4.78, 5) is 0. The maximum absolute atomic E-state index is 12.6. The number of halogens is 1. The fourth-order valence-corrected chi connectivity index (χ4v) is 1.73. The Morgan fingerprint density at radius 2 is 1.80 bits per heavy atom. The maximum Gasteiger partial charge on any atom is 0.277 e. The van der Waals surface area contributed by atoms with Gasteiger partial charge >= 0.3 is 0 Å². The van der Waals surface area contributed by atoms with Gasteiger partial charge in [0.15, 0.2) is 0 Å². The standard InChI is InChI=1S/C9H13FN2O2S/c1-7(12(2)15(11,13)14)8-3-5-9(10)6-4-8/h3-7H,1-2H3,(H2,11,13,14). The van der Waals surface area contributed by atoms with E-state index < -0.39 is 16.3 Å². The summed E-state index contributed by atoms with van der Waals surface area (Å²) >= 11 is 0. The van der Waals surface area contributed by atoms with E-state index in [1.54, 1.807) is 6.92 Å². The third-order valence-electron chi connectivity index (χ3n) is 2.30. The van der Waals surface area contributed by atoms with Gasteiger partial charge in [-0.15, -0.1) is 0 Å². The molecular weight excluding hydrogens is 219 g/mol. The van der Waals surface area contributed by atoms with E-state index in [-0.39, 0.29) is 5.82 Å². The van der Waals surface area contributed by atoms with Crippen molar-refractivity contribution in [2.75, 3.05) is 7.05 Å². The summed E-state index contributed by atoms with van der Waals surface area (Å²) in [6.07, 6.45) is 0. The molecule has 1 unspecified atom stereocenters. The predicted octanol–water partition coefficient (Wildman–Crippen LogP) is 1.02. The fourth-order valence-electron chi connectivity index (χ4n) is 1.17. The summed E-state index contributed by atoms with van der Waals surface area (Å²) in [5.74, 6) is -0.357. The molecule has 0 bridgehead atoms. The molecule has 1 rings (SSSR count). The predicted molar refractivity (Wildman–Crippen MR) is 55.7 cm³/mol. The molecule has 0 aliphatic heterocycles. The quantitative estimate of drug-likeness (QED) is 0.845. The van der Waals surface area contributed by atoms with Crippen molar-refractivity contribution in [1.29, 1.82) is 0 Å². The van der Waals surface area contributed by atoms with Crippen molar-refractivity contribution in [2.45, 2.75) is 13.0 Å². The summed E-state index contributed by atoms with van der Waals surface area (Å²) in [7, 11) is -2.34. The van der Waals surface area contributed by atoms with E-state index in [0.29, 0.717) is 5.56 Å². The van der Waals surface area contributed by atoms with Crippen molar-refractivity contribution >= 4 is 10.2 Å². The highest BCUT2D eigenvalue weighted by Crippen LogP contribution is 2.20. The van der Waals surface area contributed by atoms with E-state index in [9.17, 15) is 12.8 Å².